The Morgan fingerprint density at radius 3 is 2.71 bits per heavy atom. The highest BCUT2D eigenvalue weighted by molar-refractivity contribution is 5.03. The standard InChI is InChI=1S/C12H24N2/c1-12-6-10-14(11-7-12)9-5-3-2-4-8-13/h6H,2-5,7-11,13H2,1H3. The van der Waals surface area contributed by atoms with Crippen molar-refractivity contribution in [1.29, 1.82) is 0 Å². The minimum absolute atomic E-state index is 0.853. The summed E-state index contributed by atoms with van der Waals surface area (Å²) in [6, 6.07) is 0. The normalized spacial score (nSPS) is 18.3. The van der Waals surface area contributed by atoms with E-state index in [0.29, 0.717) is 0 Å². The second-order valence-corrected chi connectivity index (χ2v) is 4.30. The third-order valence-electron chi connectivity index (χ3n) is 2.95. The fraction of sp³-hybridized carbons (Fsp3) is 0.833. The highest BCUT2D eigenvalue weighted by atomic mass is 15.1. The Kier molecular flexibility index (Phi) is 5.88. The summed E-state index contributed by atoms with van der Waals surface area (Å²) in [4.78, 5) is 2.55. The van der Waals surface area contributed by atoms with Crippen LogP contribution < -0.4 is 5.73 Å². The van der Waals surface area contributed by atoms with E-state index >= 15 is 0 Å². The summed E-state index contributed by atoms with van der Waals surface area (Å²) >= 11 is 0. The molecular formula is C12H24N2. The van der Waals surface area contributed by atoms with Gasteiger partial charge in [-0.15, -0.1) is 0 Å². The van der Waals surface area contributed by atoms with Crippen LogP contribution in [0.5, 0.6) is 0 Å². The van der Waals surface area contributed by atoms with Crippen molar-refractivity contribution >= 4 is 0 Å². The second-order valence-electron chi connectivity index (χ2n) is 4.30. The molecule has 1 heterocycles. The zero-order valence-electron chi connectivity index (χ0n) is 9.47. The zero-order valence-corrected chi connectivity index (χ0v) is 9.47. The molecule has 14 heavy (non-hydrogen) atoms. The molecule has 2 nitrogen and oxygen atoms in total. The molecule has 0 unspecified atom stereocenters. The maximum absolute atomic E-state index is 5.45. The molecule has 2 N–H and O–H groups in total. The first-order valence-corrected chi connectivity index (χ1v) is 5.91. The van der Waals surface area contributed by atoms with Crippen molar-refractivity contribution in [3.8, 4) is 0 Å². The summed E-state index contributed by atoms with van der Waals surface area (Å²) in [6.07, 6.45) is 8.81. The lowest BCUT2D eigenvalue weighted by Gasteiger charge is -2.24. The Balaban J connectivity index is 1.97. The van der Waals surface area contributed by atoms with E-state index in [0.717, 1.165) is 6.54 Å². The smallest absolute Gasteiger partial charge is 0.0165 e. The SMILES string of the molecule is CC1=CCN(CCCCCCN)CC1. The minimum Gasteiger partial charge on any atom is -0.330 e. The third kappa shape index (κ3) is 4.77. The molecule has 0 saturated heterocycles. The van der Waals surface area contributed by atoms with Gasteiger partial charge in [0.15, 0.2) is 0 Å². The van der Waals surface area contributed by atoms with Gasteiger partial charge in [0.25, 0.3) is 0 Å². The van der Waals surface area contributed by atoms with Crippen LogP contribution in [-0.2, 0) is 0 Å². The van der Waals surface area contributed by atoms with Gasteiger partial charge < -0.3 is 5.73 Å². The Labute approximate surface area is 88.2 Å². The van der Waals surface area contributed by atoms with Gasteiger partial charge in [-0.1, -0.05) is 24.5 Å². The molecule has 0 saturated carbocycles. The van der Waals surface area contributed by atoms with Crippen molar-refractivity contribution in [2.75, 3.05) is 26.2 Å². The number of rotatable bonds is 6. The Hall–Kier alpha value is -0.340. The van der Waals surface area contributed by atoms with Gasteiger partial charge in [0.2, 0.25) is 0 Å². The largest absolute Gasteiger partial charge is 0.330 e. The Morgan fingerprint density at radius 1 is 1.29 bits per heavy atom. The first-order valence-electron chi connectivity index (χ1n) is 5.91. The second kappa shape index (κ2) is 7.02. The number of hydrogen-bond donors (Lipinski definition) is 1. The van der Waals surface area contributed by atoms with E-state index < -0.39 is 0 Å². The molecule has 0 bridgehead atoms. The van der Waals surface area contributed by atoms with Crippen molar-refractivity contribution in [1.82, 2.24) is 4.90 Å². The van der Waals surface area contributed by atoms with Crippen molar-refractivity contribution in [3.05, 3.63) is 11.6 Å². The molecule has 0 atom stereocenters. The molecule has 1 rings (SSSR count). The molecular weight excluding hydrogens is 172 g/mol. The van der Waals surface area contributed by atoms with Crippen LogP contribution in [0.3, 0.4) is 0 Å². The lowest BCUT2D eigenvalue weighted by molar-refractivity contribution is 0.286. The van der Waals surface area contributed by atoms with Gasteiger partial charge in [0.05, 0.1) is 0 Å². The lowest BCUT2D eigenvalue weighted by atomic mass is 10.1. The summed E-state index contributed by atoms with van der Waals surface area (Å²) in [5.74, 6) is 0. The fourth-order valence-electron chi connectivity index (χ4n) is 1.85. The lowest BCUT2D eigenvalue weighted by Crippen LogP contribution is -2.29. The van der Waals surface area contributed by atoms with Crippen molar-refractivity contribution in [2.24, 2.45) is 5.73 Å². The first-order chi connectivity index (χ1) is 6.83. The molecule has 82 valence electrons. The van der Waals surface area contributed by atoms with Gasteiger partial charge in [-0.25, -0.2) is 0 Å². The maximum Gasteiger partial charge on any atom is 0.0165 e. The summed E-state index contributed by atoms with van der Waals surface area (Å²) in [5.41, 5.74) is 7.01. The quantitative estimate of drug-likeness (QED) is 0.521. The monoisotopic (exact) mass is 196 g/mol. The first kappa shape index (κ1) is 11.7. The maximum atomic E-state index is 5.45. The van der Waals surface area contributed by atoms with E-state index in [1.807, 2.05) is 0 Å². The van der Waals surface area contributed by atoms with Crippen molar-refractivity contribution < 1.29 is 0 Å². The Morgan fingerprint density at radius 2 is 2.07 bits per heavy atom. The third-order valence-corrected chi connectivity index (χ3v) is 2.95. The summed E-state index contributed by atoms with van der Waals surface area (Å²) in [5, 5.41) is 0. The predicted molar refractivity (Wildman–Crippen MR) is 62.3 cm³/mol. The molecule has 0 radical (unpaired) electrons. The van der Waals surface area contributed by atoms with Crippen LogP contribution in [0.2, 0.25) is 0 Å². The molecule has 0 aromatic carbocycles. The van der Waals surface area contributed by atoms with Gasteiger partial charge in [0, 0.05) is 13.1 Å². The summed E-state index contributed by atoms with van der Waals surface area (Å²) in [7, 11) is 0. The van der Waals surface area contributed by atoms with Gasteiger partial charge in [-0.2, -0.15) is 0 Å². The molecule has 0 aliphatic carbocycles. The molecule has 2 heteroatoms. The van der Waals surface area contributed by atoms with E-state index in [-0.39, 0.29) is 0 Å². The van der Waals surface area contributed by atoms with E-state index in [9.17, 15) is 0 Å². The molecule has 1 aliphatic heterocycles. The van der Waals surface area contributed by atoms with Crippen LogP contribution in [0.25, 0.3) is 0 Å². The van der Waals surface area contributed by atoms with Crippen LogP contribution in [0, 0.1) is 0 Å². The molecule has 1 aliphatic rings. The van der Waals surface area contributed by atoms with E-state index in [4.69, 9.17) is 5.73 Å². The van der Waals surface area contributed by atoms with Crippen LogP contribution in [0.15, 0.2) is 11.6 Å². The van der Waals surface area contributed by atoms with E-state index in [1.54, 1.807) is 5.57 Å². The summed E-state index contributed by atoms with van der Waals surface area (Å²) in [6.45, 7) is 6.79. The fourth-order valence-corrected chi connectivity index (χ4v) is 1.85. The highest BCUT2D eigenvalue weighted by Gasteiger charge is 2.07. The average molecular weight is 196 g/mol. The Bertz CT molecular complexity index is 175. The number of nitrogens with two attached hydrogens (primary N) is 1. The zero-order chi connectivity index (χ0) is 10.2. The van der Waals surface area contributed by atoms with Crippen LogP contribution in [0.4, 0.5) is 0 Å². The average Bonchev–Trinajstić information content (AvgIpc) is 2.21. The van der Waals surface area contributed by atoms with Gasteiger partial charge in [-0.3, -0.25) is 4.90 Å². The van der Waals surface area contributed by atoms with Crippen LogP contribution in [-0.4, -0.2) is 31.1 Å². The summed E-state index contributed by atoms with van der Waals surface area (Å²) < 4.78 is 0. The minimum atomic E-state index is 0.853. The van der Waals surface area contributed by atoms with Crippen LogP contribution in [0.1, 0.15) is 39.0 Å². The van der Waals surface area contributed by atoms with E-state index in [1.165, 1.54) is 51.7 Å². The number of unbranched alkanes of at least 4 members (excludes halogenated alkanes) is 3. The molecule has 0 amide bonds. The molecule has 0 aromatic heterocycles. The van der Waals surface area contributed by atoms with Crippen molar-refractivity contribution in [2.45, 2.75) is 39.0 Å². The highest BCUT2D eigenvalue weighted by Crippen LogP contribution is 2.10. The van der Waals surface area contributed by atoms with Gasteiger partial charge in [0.1, 0.15) is 0 Å². The molecule has 0 spiro atoms. The van der Waals surface area contributed by atoms with E-state index in [2.05, 4.69) is 17.9 Å². The number of nitrogens with zero attached hydrogens (tertiary/aromatic N) is 1. The van der Waals surface area contributed by atoms with Gasteiger partial charge >= 0.3 is 0 Å². The van der Waals surface area contributed by atoms with Crippen molar-refractivity contribution in [3.63, 3.8) is 0 Å². The topological polar surface area (TPSA) is 29.3 Å². The predicted octanol–water partition coefficient (Wildman–Crippen LogP) is 2.16. The number of hydrogen-bond acceptors (Lipinski definition) is 2. The van der Waals surface area contributed by atoms with Crippen LogP contribution >= 0.6 is 0 Å². The molecule has 0 fully saturated rings. The van der Waals surface area contributed by atoms with Gasteiger partial charge in [-0.05, 0) is 39.3 Å². The molecule has 0 aromatic rings.